The van der Waals surface area contributed by atoms with E-state index in [2.05, 4.69) is 19.7 Å². The van der Waals surface area contributed by atoms with Crippen LogP contribution in [0.4, 0.5) is 10.8 Å². The van der Waals surface area contributed by atoms with Crippen molar-refractivity contribution >= 4 is 32.2 Å². The minimum absolute atomic E-state index is 0.0145. The molecule has 0 saturated heterocycles. The molecular weight excluding hydrogens is 286 g/mol. The van der Waals surface area contributed by atoms with E-state index in [0.29, 0.717) is 10.8 Å². The first kappa shape index (κ1) is 13.8. The molecule has 1 unspecified atom stereocenters. The summed E-state index contributed by atoms with van der Waals surface area (Å²) in [6.07, 6.45) is 3.34. The van der Waals surface area contributed by atoms with Gasteiger partial charge in [0.05, 0.1) is 11.8 Å². The number of aromatic nitrogens is 3. The van der Waals surface area contributed by atoms with Crippen LogP contribution in [0, 0.1) is 0 Å². The lowest BCUT2D eigenvalue weighted by Gasteiger charge is -2.12. The second-order valence-corrected chi connectivity index (χ2v) is 6.96. The van der Waals surface area contributed by atoms with Crippen LogP contribution in [-0.4, -0.2) is 28.5 Å². The van der Waals surface area contributed by atoms with Gasteiger partial charge in [0.15, 0.2) is 15.7 Å². The largest absolute Gasteiger partial charge is 0.382 e. The number of rotatable bonds is 5. The van der Waals surface area contributed by atoms with Crippen molar-refractivity contribution in [3.8, 4) is 0 Å². The van der Waals surface area contributed by atoms with E-state index in [1.807, 2.05) is 6.92 Å². The number of aromatic amines is 1. The highest BCUT2D eigenvalue weighted by molar-refractivity contribution is 7.91. The lowest BCUT2D eigenvalue weighted by Crippen LogP contribution is -2.12. The molecule has 7 nitrogen and oxygen atoms in total. The molecule has 4 N–H and O–H groups in total. The fraction of sp³-hybridized carbons (Fsp3) is 0.400. The van der Waals surface area contributed by atoms with Gasteiger partial charge >= 0.3 is 0 Å². The topological polar surface area (TPSA) is 114 Å². The van der Waals surface area contributed by atoms with Crippen LogP contribution in [0.2, 0.25) is 0 Å². The molecule has 2 rings (SSSR count). The summed E-state index contributed by atoms with van der Waals surface area (Å²) in [5.41, 5.74) is 5.65. The van der Waals surface area contributed by atoms with Crippen LogP contribution < -0.4 is 11.1 Å². The van der Waals surface area contributed by atoms with Crippen LogP contribution in [0.1, 0.15) is 25.7 Å². The minimum atomic E-state index is -3.40. The summed E-state index contributed by atoms with van der Waals surface area (Å²) < 4.78 is 27.9. The molecule has 0 aromatic carbocycles. The third-order valence-corrected chi connectivity index (χ3v) is 5.36. The Kier molecular flexibility index (Phi) is 3.76. The molecule has 0 fully saturated rings. The number of nitrogens with one attached hydrogen (secondary N) is 2. The summed E-state index contributed by atoms with van der Waals surface area (Å²) in [4.78, 5) is 7.16. The Balaban J connectivity index is 2.32. The van der Waals surface area contributed by atoms with E-state index < -0.39 is 9.84 Å². The molecule has 2 aromatic heterocycles. The first-order valence-corrected chi connectivity index (χ1v) is 8.12. The summed E-state index contributed by atoms with van der Waals surface area (Å²) in [5.74, 6) is 0.743. The zero-order chi connectivity index (χ0) is 14.0. The minimum Gasteiger partial charge on any atom is -0.382 e. The van der Waals surface area contributed by atoms with Gasteiger partial charge in [-0.25, -0.2) is 13.4 Å². The van der Waals surface area contributed by atoms with E-state index in [-0.39, 0.29) is 22.5 Å². The average molecular weight is 301 g/mol. The van der Waals surface area contributed by atoms with Gasteiger partial charge in [-0.1, -0.05) is 6.92 Å². The predicted molar refractivity (Wildman–Crippen MR) is 74.9 cm³/mol. The lowest BCUT2D eigenvalue weighted by atomic mass is 10.3. The van der Waals surface area contributed by atoms with Gasteiger partial charge < -0.3 is 16.0 Å². The van der Waals surface area contributed by atoms with Gasteiger partial charge in [-0.3, -0.25) is 0 Å². The number of nitrogens with two attached hydrogens (primary N) is 1. The molecule has 19 heavy (non-hydrogen) atoms. The molecule has 2 heterocycles. The number of hydrogen-bond donors (Lipinski definition) is 3. The van der Waals surface area contributed by atoms with Crippen LogP contribution >= 0.6 is 11.5 Å². The highest BCUT2D eigenvalue weighted by Gasteiger charge is 2.25. The molecule has 9 heteroatoms. The molecule has 1 atom stereocenters. The van der Waals surface area contributed by atoms with Gasteiger partial charge in [-0.05, 0) is 18.5 Å². The van der Waals surface area contributed by atoms with Crippen LogP contribution in [-0.2, 0) is 9.84 Å². The van der Waals surface area contributed by atoms with Crippen molar-refractivity contribution in [3.05, 3.63) is 18.2 Å². The third-order valence-electron chi connectivity index (χ3n) is 2.64. The maximum atomic E-state index is 12.0. The van der Waals surface area contributed by atoms with Gasteiger partial charge in [0, 0.05) is 12.4 Å². The van der Waals surface area contributed by atoms with Crippen molar-refractivity contribution in [3.63, 3.8) is 0 Å². The van der Waals surface area contributed by atoms with Crippen molar-refractivity contribution in [2.45, 2.75) is 24.8 Å². The van der Waals surface area contributed by atoms with Crippen molar-refractivity contribution in [1.82, 2.24) is 14.3 Å². The molecule has 0 saturated carbocycles. The van der Waals surface area contributed by atoms with Gasteiger partial charge in [0.25, 0.3) is 0 Å². The first-order chi connectivity index (χ1) is 8.95. The zero-order valence-corrected chi connectivity index (χ0v) is 12.2. The molecular formula is C10H15N5O2S2. The van der Waals surface area contributed by atoms with Gasteiger partial charge in [-0.15, -0.1) is 0 Å². The van der Waals surface area contributed by atoms with Gasteiger partial charge in [-0.2, -0.15) is 4.37 Å². The van der Waals surface area contributed by atoms with Crippen molar-refractivity contribution in [2.75, 3.05) is 16.8 Å². The van der Waals surface area contributed by atoms with E-state index in [1.165, 1.54) is 0 Å². The Labute approximate surface area is 115 Å². The van der Waals surface area contributed by atoms with Crippen LogP contribution in [0.5, 0.6) is 0 Å². The quantitative estimate of drug-likeness (QED) is 0.769. The summed E-state index contributed by atoms with van der Waals surface area (Å²) in [5, 5.41) is 3.52. The van der Waals surface area contributed by atoms with Gasteiger partial charge in [0.1, 0.15) is 15.7 Å². The van der Waals surface area contributed by atoms with Crippen molar-refractivity contribution in [1.29, 1.82) is 0 Å². The van der Waals surface area contributed by atoms with Crippen molar-refractivity contribution < 1.29 is 8.42 Å². The SMILES string of the molecule is CCS(=O)(=O)c1c(N)nsc1NC(C)c1ncc[nH]1. The Bertz CT molecular complexity index is 648. The average Bonchev–Trinajstić information content (AvgIpc) is 2.99. The Hall–Kier alpha value is -1.61. The lowest BCUT2D eigenvalue weighted by molar-refractivity contribution is 0.598. The fourth-order valence-electron chi connectivity index (χ4n) is 1.61. The van der Waals surface area contributed by atoms with Crippen LogP contribution in [0.25, 0.3) is 0 Å². The van der Waals surface area contributed by atoms with Crippen LogP contribution in [0.3, 0.4) is 0 Å². The molecule has 0 bridgehead atoms. The number of anilines is 2. The van der Waals surface area contributed by atoms with E-state index in [4.69, 9.17) is 5.73 Å². The van der Waals surface area contributed by atoms with E-state index >= 15 is 0 Å². The summed E-state index contributed by atoms with van der Waals surface area (Å²) >= 11 is 1.04. The van der Waals surface area contributed by atoms with E-state index in [1.54, 1.807) is 19.3 Å². The standard InChI is InChI=1S/C10H15N5O2S2/c1-3-19(16,17)7-8(11)15-18-10(7)14-6(2)9-12-4-5-13-9/h4-6,14H,3H2,1-2H3,(H2,11,15)(H,12,13). The molecule has 104 valence electrons. The number of sulfone groups is 1. The summed E-state index contributed by atoms with van der Waals surface area (Å²) in [6.45, 7) is 3.45. The number of imidazole rings is 1. The molecule has 0 aliphatic heterocycles. The molecule has 0 amide bonds. The number of nitrogen functional groups attached to an aromatic ring is 1. The monoisotopic (exact) mass is 301 g/mol. The zero-order valence-electron chi connectivity index (χ0n) is 10.5. The van der Waals surface area contributed by atoms with E-state index in [0.717, 1.165) is 11.5 Å². The maximum Gasteiger partial charge on any atom is 0.184 e. The normalized spacial score (nSPS) is 13.4. The first-order valence-electron chi connectivity index (χ1n) is 5.69. The highest BCUT2D eigenvalue weighted by atomic mass is 32.2. The molecule has 2 aromatic rings. The summed E-state index contributed by atoms with van der Waals surface area (Å²) in [7, 11) is -3.40. The molecule has 0 aliphatic rings. The Morgan fingerprint density at radius 1 is 1.58 bits per heavy atom. The van der Waals surface area contributed by atoms with Crippen molar-refractivity contribution in [2.24, 2.45) is 0 Å². The highest BCUT2D eigenvalue weighted by Crippen LogP contribution is 2.34. The smallest absolute Gasteiger partial charge is 0.184 e. The second-order valence-electron chi connectivity index (χ2n) is 3.97. The number of nitrogens with zero attached hydrogens (tertiary/aromatic N) is 2. The Morgan fingerprint density at radius 2 is 2.32 bits per heavy atom. The fourth-order valence-corrected chi connectivity index (χ4v) is 3.85. The predicted octanol–water partition coefficient (Wildman–Crippen LogP) is 1.42. The molecule has 0 spiro atoms. The van der Waals surface area contributed by atoms with E-state index in [9.17, 15) is 8.42 Å². The second kappa shape index (κ2) is 5.17. The number of hydrogen-bond acceptors (Lipinski definition) is 7. The molecule has 0 aliphatic carbocycles. The van der Waals surface area contributed by atoms with Gasteiger partial charge in [0.2, 0.25) is 0 Å². The van der Waals surface area contributed by atoms with Crippen LogP contribution in [0.15, 0.2) is 17.3 Å². The molecule has 0 radical (unpaired) electrons. The third kappa shape index (κ3) is 2.71. The summed E-state index contributed by atoms with van der Waals surface area (Å²) in [6, 6.07) is -0.166. The maximum absolute atomic E-state index is 12.0. The Morgan fingerprint density at radius 3 is 2.89 bits per heavy atom. The number of H-pyrrole nitrogens is 1.